The lowest BCUT2D eigenvalue weighted by molar-refractivity contribution is -0.140. The first-order valence-corrected chi connectivity index (χ1v) is 7.22. The fourth-order valence-electron chi connectivity index (χ4n) is 3.07. The van der Waals surface area contributed by atoms with E-state index in [4.69, 9.17) is 4.74 Å². The molecule has 2 heterocycles. The van der Waals surface area contributed by atoms with E-state index in [1.54, 1.807) is 0 Å². The van der Waals surface area contributed by atoms with Crippen LogP contribution < -0.4 is 5.32 Å². The Labute approximate surface area is 110 Å². The minimum Gasteiger partial charge on any atom is -0.381 e. The molecule has 0 aromatic carbocycles. The van der Waals surface area contributed by atoms with Gasteiger partial charge in [0.2, 0.25) is 5.91 Å². The average Bonchev–Trinajstić information content (AvgIpc) is 2.39. The number of carbonyl (C=O) groups excluding carboxylic acids is 1. The minimum absolute atomic E-state index is 0.172. The molecule has 2 unspecified atom stereocenters. The van der Waals surface area contributed by atoms with Crippen LogP contribution in [-0.2, 0) is 9.53 Å². The largest absolute Gasteiger partial charge is 0.381 e. The highest BCUT2D eigenvalue weighted by atomic mass is 16.5. The molecule has 1 N–H and O–H groups in total. The predicted octanol–water partition coefficient (Wildman–Crippen LogP) is 1.12. The third-order valence-corrected chi connectivity index (χ3v) is 4.33. The number of hydrogen-bond acceptors (Lipinski definition) is 3. The van der Waals surface area contributed by atoms with Crippen molar-refractivity contribution >= 4 is 5.91 Å². The van der Waals surface area contributed by atoms with E-state index in [2.05, 4.69) is 12.2 Å². The van der Waals surface area contributed by atoms with Crippen LogP contribution in [0.1, 0.15) is 26.2 Å². The Morgan fingerprint density at radius 3 is 2.72 bits per heavy atom. The number of nitrogens with zero attached hydrogens (tertiary/aromatic N) is 1. The molecular weight excluding hydrogens is 228 g/mol. The van der Waals surface area contributed by atoms with Gasteiger partial charge in [0.25, 0.3) is 0 Å². The highest BCUT2D eigenvalue weighted by Gasteiger charge is 2.31. The summed E-state index contributed by atoms with van der Waals surface area (Å²) in [7, 11) is 1.96. The Bertz CT molecular complexity index is 277. The number of piperidine rings is 1. The molecule has 0 aliphatic carbocycles. The van der Waals surface area contributed by atoms with E-state index in [0.717, 1.165) is 39.3 Å². The van der Waals surface area contributed by atoms with Gasteiger partial charge >= 0.3 is 0 Å². The molecule has 0 spiro atoms. The fraction of sp³-hybridized carbons (Fsp3) is 0.929. The molecule has 2 aliphatic rings. The molecule has 2 aliphatic heterocycles. The van der Waals surface area contributed by atoms with Crippen LogP contribution in [0.2, 0.25) is 0 Å². The quantitative estimate of drug-likeness (QED) is 0.820. The zero-order chi connectivity index (χ0) is 13.0. The summed E-state index contributed by atoms with van der Waals surface area (Å²) in [6, 6.07) is 0. The highest BCUT2D eigenvalue weighted by Crippen LogP contribution is 2.24. The third kappa shape index (κ3) is 3.45. The summed E-state index contributed by atoms with van der Waals surface area (Å²) in [4.78, 5) is 14.4. The van der Waals surface area contributed by atoms with Gasteiger partial charge < -0.3 is 15.0 Å². The van der Waals surface area contributed by atoms with Gasteiger partial charge in [-0.1, -0.05) is 6.92 Å². The van der Waals surface area contributed by atoms with Crippen LogP contribution in [0.15, 0.2) is 0 Å². The molecule has 104 valence electrons. The van der Waals surface area contributed by atoms with Crippen molar-refractivity contribution in [2.24, 2.45) is 17.8 Å². The Hall–Kier alpha value is -0.610. The van der Waals surface area contributed by atoms with Crippen molar-refractivity contribution in [3.8, 4) is 0 Å². The highest BCUT2D eigenvalue weighted by molar-refractivity contribution is 5.79. The second-order valence-electron chi connectivity index (χ2n) is 5.86. The number of carbonyl (C=O) groups is 1. The van der Waals surface area contributed by atoms with Crippen LogP contribution >= 0.6 is 0 Å². The van der Waals surface area contributed by atoms with Crippen molar-refractivity contribution in [2.75, 3.05) is 39.9 Å². The van der Waals surface area contributed by atoms with Crippen molar-refractivity contribution in [2.45, 2.75) is 26.2 Å². The molecule has 0 aromatic heterocycles. The maximum absolute atomic E-state index is 12.4. The van der Waals surface area contributed by atoms with Crippen LogP contribution in [0.4, 0.5) is 0 Å². The van der Waals surface area contributed by atoms with Crippen molar-refractivity contribution in [3.63, 3.8) is 0 Å². The van der Waals surface area contributed by atoms with E-state index < -0.39 is 0 Å². The van der Waals surface area contributed by atoms with Crippen LogP contribution in [0.25, 0.3) is 0 Å². The molecule has 2 atom stereocenters. The molecule has 0 aromatic rings. The first kappa shape index (κ1) is 13.8. The summed E-state index contributed by atoms with van der Waals surface area (Å²) in [5.41, 5.74) is 0. The molecule has 0 bridgehead atoms. The summed E-state index contributed by atoms with van der Waals surface area (Å²) < 4.78 is 5.41. The molecule has 2 fully saturated rings. The molecule has 0 radical (unpaired) electrons. The summed E-state index contributed by atoms with van der Waals surface area (Å²) in [6.45, 7) is 6.71. The monoisotopic (exact) mass is 254 g/mol. The first-order chi connectivity index (χ1) is 8.68. The molecule has 1 amide bonds. The van der Waals surface area contributed by atoms with E-state index in [0.29, 0.717) is 17.7 Å². The van der Waals surface area contributed by atoms with Crippen molar-refractivity contribution in [1.82, 2.24) is 10.2 Å². The molecule has 4 heteroatoms. The second-order valence-corrected chi connectivity index (χ2v) is 5.86. The smallest absolute Gasteiger partial charge is 0.225 e. The van der Waals surface area contributed by atoms with Crippen molar-refractivity contribution in [3.05, 3.63) is 0 Å². The Morgan fingerprint density at radius 2 is 2.06 bits per heavy atom. The SMILES string of the molecule is CC1COCCC1C(=O)N(C)CC1CCNCC1. The lowest BCUT2D eigenvalue weighted by Gasteiger charge is -2.33. The second kappa shape index (κ2) is 6.53. The first-order valence-electron chi connectivity index (χ1n) is 7.22. The van der Waals surface area contributed by atoms with Gasteiger partial charge in [-0.2, -0.15) is 0 Å². The summed E-state index contributed by atoms with van der Waals surface area (Å²) >= 11 is 0. The summed E-state index contributed by atoms with van der Waals surface area (Å²) in [5.74, 6) is 1.53. The van der Waals surface area contributed by atoms with Crippen molar-refractivity contribution in [1.29, 1.82) is 0 Å². The zero-order valence-electron chi connectivity index (χ0n) is 11.7. The van der Waals surface area contributed by atoms with Crippen LogP contribution in [0.3, 0.4) is 0 Å². The summed E-state index contributed by atoms with van der Waals surface area (Å²) in [5, 5.41) is 3.37. The van der Waals surface area contributed by atoms with Gasteiger partial charge in [-0.3, -0.25) is 4.79 Å². The van der Waals surface area contributed by atoms with E-state index in [9.17, 15) is 4.79 Å². The van der Waals surface area contributed by atoms with E-state index in [-0.39, 0.29) is 5.92 Å². The van der Waals surface area contributed by atoms with Gasteiger partial charge in [0.15, 0.2) is 0 Å². The molecule has 2 rings (SSSR count). The van der Waals surface area contributed by atoms with E-state index >= 15 is 0 Å². The Kier molecular flexibility index (Phi) is 5.01. The van der Waals surface area contributed by atoms with Crippen LogP contribution in [0.5, 0.6) is 0 Å². The number of ether oxygens (including phenoxy) is 1. The van der Waals surface area contributed by atoms with E-state index in [1.165, 1.54) is 12.8 Å². The lowest BCUT2D eigenvalue weighted by atomic mass is 9.88. The molecule has 18 heavy (non-hydrogen) atoms. The zero-order valence-corrected chi connectivity index (χ0v) is 11.7. The number of amides is 1. The Balaban J connectivity index is 1.83. The van der Waals surface area contributed by atoms with E-state index in [1.807, 2.05) is 11.9 Å². The Morgan fingerprint density at radius 1 is 1.33 bits per heavy atom. The van der Waals surface area contributed by atoms with Crippen LogP contribution in [0, 0.1) is 17.8 Å². The van der Waals surface area contributed by atoms with Crippen LogP contribution in [-0.4, -0.2) is 50.7 Å². The molecule has 0 saturated carbocycles. The third-order valence-electron chi connectivity index (χ3n) is 4.33. The number of nitrogens with one attached hydrogen (secondary N) is 1. The van der Waals surface area contributed by atoms with Gasteiger partial charge in [0, 0.05) is 32.7 Å². The maximum atomic E-state index is 12.4. The fourth-order valence-corrected chi connectivity index (χ4v) is 3.07. The molecule has 2 saturated heterocycles. The normalized spacial score (nSPS) is 30.1. The summed E-state index contributed by atoms with van der Waals surface area (Å²) in [6.07, 6.45) is 3.28. The minimum atomic E-state index is 0.172. The van der Waals surface area contributed by atoms with Gasteiger partial charge in [0.05, 0.1) is 0 Å². The number of rotatable bonds is 3. The number of hydrogen-bond donors (Lipinski definition) is 1. The van der Waals surface area contributed by atoms with Crippen molar-refractivity contribution < 1.29 is 9.53 Å². The maximum Gasteiger partial charge on any atom is 0.225 e. The van der Waals surface area contributed by atoms with Gasteiger partial charge in [-0.05, 0) is 44.2 Å². The van der Waals surface area contributed by atoms with Gasteiger partial charge in [-0.15, -0.1) is 0 Å². The standard InChI is InChI=1S/C14H26N2O2/c1-11-10-18-8-5-13(11)14(17)16(2)9-12-3-6-15-7-4-12/h11-13,15H,3-10H2,1-2H3. The van der Waals surface area contributed by atoms with Gasteiger partial charge in [0.1, 0.15) is 0 Å². The van der Waals surface area contributed by atoms with Gasteiger partial charge in [-0.25, -0.2) is 0 Å². The molecular formula is C14H26N2O2. The lowest BCUT2D eigenvalue weighted by Crippen LogP contribution is -2.43. The molecule has 4 nitrogen and oxygen atoms in total. The topological polar surface area (TPSA) is 41.6 Å². The predicted molar refractivity (Wildman–Crippen MR) is 71.3 cm³/mol. The average molecular weight is 254 g/mol.